The van der Waals surface area contributed by atoms with Crippen LogP contribution in [-0.2, 0) is 0 Å². The Balaban J connectivity index is 3.43. The number of hydrogen-bond acceptors (Lipinski definition) is 0. The van der Waals surface area contributed by atoms with E-state index in [-0.39, 0.29) is 0 Å². The van der Waals surface area contributed by atoms with Crippen LogP contribution in [0.5, 0.6) is 0 Å². The van der Waals surface area contributed by atoms with E-state index in [4.69, 9.17) is 0 Å². The highest BCUT2D eigenvalue weighted by atomic mass is 28.3. The fraction of sp³-hybridized carbons (Fsp3) is 0.455. The Morgan fingerprint density at radius 2 is 1.62 bits per heavy atom. The monoisotopic (exact) mass is 208 g/mol. The lowest BCUT2D eigenvalue weighted by Gasteiger charge is -2.23. The van der Waals surface area contributed by atoms with Crippen LogP contribution in [0.15, 0.2) is 12.1 Å². The average molecular weight is 208 g/mol. The summed E-state index contributed by atoms with van der Waals surface area (Å²) in [6, 6.07) is 4.59. The number of aryl methyl sites for hydroxylation is 1. The second-order valence-corrected chi connectivity index (χ2v) is 11.0. The molecule has 0 nitrogen and oxygen atoms in total. The van der Waals surface area contributed by atoms with E-state index in [9.17, 15) is 0 Å². The largest absolute Gasteiger partial charge is 0.0782 e. The summed E-state index contributed by atoms with van der Waals surface area (Å²) in [5.41, 5.74) is 3.07. The minimum atomic E-state index is -1.13. The van der Waals surface area contributed by atoms with Gasteiger partial charge in [0.05, 0.1) is 8.07 Å². The van der Waals surface area contributed by atoms with Gasteiger partial charge in [0, 0.05) is 10.2 Å². The molecule has 0 amide bonds. The van der Waals surface area contributed by atoms with Crippen molar-refractivity contribution in [2.75, 3.05) is 0 Å². The smallest absolute Gasteiger partial charge is 0.0680 e. The maximum Gasteiger partial charge on any atom is 0.0782 e. The summed E-state index contributed by atoms with van der Waals surface area (Å²) in [6.07, 6.45) is 0. The van der Waals surface area contributed by atoms with Crippen molar-refractivity contribution < 1.29 is 0 Å². The molecule has 0 bridgehead atoms. The Morgan fingerprint density at radius 3 is 2.00 bits per heavy atom. The second kappa shape index (κ2) is 3.42. The molecule has 2 heteroatoms. The predicted molar refractivity (Wildman–Crippen MR) is 68.5 cm³/mol. The van der Waals surface area contributed by atoms with Gasteiger partial charge in [-0.2, -0.15) is 0 Å². The van der Waals surface area contributed by atoms with E-state index in [0.29, 0.717) is 0 Å². The SMILES string of the molecule is Cc1ccc([SiH3])c(C)c1[Si](C)(C)C. The molecule has 0 radical (unpaired) electrons. The van der Waals surface area contributed by atoms with Crippen LogP contribution in [0.4, 0.5) is 0 Å². The third-order valence-corrected chi connectivity index (χ3v) is 6.05. The summed E-state index contributed by atoms with van der Waals surface area (Å²) < 4.78 is 0. The normalized spacial score (nSPS) is 12.1. The molecule has 1 aromatic rings. The third-order valence-electron chi connectivity index (χ3n) is 2.69. The summed E-state index contributed by atoms with van der Waals surface area (Å²) in [5, 5.41) is 3.25. The van der Waals surface area contributed by atoms with E-state index in [1.165, 1.54) is 15.8 Å². The molecule has 0 heterocycles. The molecule has 0 aliphatic carbocycles. The highest BCUT2D eigenvalue weighted by Gasteiger charge is 2.21. The van der Waals surface area contributed by atoms with Crippen LogP contribution in [-0.4, -0.2) is 18.3 Å². The molecule has 1 rings (SSSR count). The number of benzene rings is 1. The lowest BCUT2D eigenvalue weighted by Crippen LogP contribution is -2.43. The third kappa shape index (κ3) is 2.12. The predicted octanol–water partition coefficient (Wildman–Crippen LogP) is 0.839. The van der Waals surface area contributed by atoms with Crippen molar-refractivity contribution in [2.45, 2.75) is 33.5 Å². The van der Waals surface area contributed by atoms with Crippen molar-refractivity contribution in [1.82, 2.24) is 0 Å². The first-order chi connectivity index (χ1) is 5.84. The first kappa shape index (κ1) is 10.7. The van der Waals surface area contributed by atoms with Gasteiger partial charge >= 0.3 is 0 Å². The van der Waals surface area contributed by atoms with E-state index >= 15 is 0 Å². The zero-order valence-electron chi connectivity index (χ0n) is 9.65. The average Bonchev–Trinajstić information content (AvgIpc) is 1.95. The zero-order chi connectivity index (χ0) is 10.2. The maximum absolute atomic E-state index is 2.43. The van der Waals surface area contributed by atoms with E-state index in [2.05, 4.69) is 45.6 Å². The summed E-state index contributed by atoms with van der Waals surface area (Å²) in [5.74, 6) is 0. The molecule has 0 N–H and O–H groups in total. The van der Waals surface area contributed by atoms with E-state index in [1.807, 2.05) is 0 Å². The van der Waals surface area contributed by atoms with E-state index in [1.54, 1.807) is 15.9 Å². The molecule has 13 heavy (non-hydrogen) atoms. The molecule has 0 atom stereocenters. The van der Waals surface area contributed by atoms with Crippen LogP contribution < -0.4 is 10.4 Å². The standard InChI is InChI=1S/C11H20Si2/c1-8-6-7-10(12)9(2)11(8)13(3,4)5/h6-7H,1-5,12H3. The lowest BCUT2D eigenvalue weighted by atomic mass is 10.1. The van der Waals surface area contributed by atoms with Crippen molar-refractivity contribution in [3.05, 3.63) is 23.3 Å². The molecule has 0 unspecified atom stereocenters. The highest BCUT2D eigenvalue weighted by molar-refractivity contribution is 6.89. The van der Waals surface area contributed by atoms with Gasteiger partial charge < -0.3 is 0 Å². The van der Waals surface area contributed by atoms with Crippen LogP contribution in [0.3, 0.4) is 0 Å². The zero-order valence-corrected chi connectivity index (χ0v) is 12.7. The maximum atomic E-state index is 2.43. The highest BCUT2D eigenvalue weighted by Crippen LogP contribution is 2.08. The molecule has 0 aliphatic heterocycles. The first-order valence-corrected chi connectivity index (χ1v) is 9.41. The summed E-state index contributed by atoms with van der Waals surface area (Å²) in [7, 11) is 0.0469. The first-order valence-electron chi connectivity index (χ1n) is 4.91. The molecule has 0 saturated carbocycles. The molecule has 0 saturated heterocycles. The van der Waals surface area contributed by atoms with Crippen LogP contribution in [0.2, 0.25) is 19.6 Å². The molecule has 0 spiro atoms. The van der Waals surface area contributed by atoms with Gasteiger partial charge in [-0.1, -0.05) is 53.3 Å². The van der Waals surface area contributed by atoms with Gasteiger partial charge in [0.25, 0.3) is 0 Å². The molecule has 0 aromatic heterocycles. The Bertz CT molecular complexity index is 322. The molecule has 0 aliphatic rings. The van der Waals surface area contributed by atoms with Gasteiger partial charge in [-0.25, -0.2) is 0 Å². The molecule has 0 fully saturated rings. The molecular formula is C11H20Si2. The van der Waals surface area contributed by atoms with Gasteiger partial charge in [-0.15, -0.1) is 0 Å². The van der Waals surface area contributed by atoms with E-state index in [0.717, 1.165) is 0 Å². The minimum Gasteiger partial charge on any atom is -0.0680 e. The molecule has 1 aromatic carbocycles. The number of rotatable bonds is 1. The fourth-order valence-electron chi connectivity index (χ4n) is 2.11. The van der Waals surface area contributed by atoms with Crippen molar-refractivity contribution in [3.63, 3.8) is 0 Å². The Hall–Kier alpha value is -0.346. The van der Waals surface area contributed by atoms with Crippen molar-refractivity contribution in [2.24, 2.45) is 0 Å². The van der Waals surface area contributed by atoms with Gasteiger partial charge in [-0.3, -0.25) is 0 Å². The lowest BCUT2D eigenvalue weighted by molar-refractivity contribution is 1.43. The summed E-state index contributed by atoms with van der Waals surface area (Å²) in [6.45, 7) is 11.8. The molecule has 72 valence electrons. The number of hydrogen-bond donors (Lipinski definition) is 0. The van der Waals surface area contributed by atoms with Crippen LogP contribution >= 0.6 is 0 Å². The Morgan fingerprint density at radius 1 is 1.08 bits per heavy atom. The summed E-state index contributed by atoms with van der Waals surface area (Å²) in [4.78, 5) is 0. The van der Waals surface area contributed by atoms with Gasteiger partial charge in [0.1, 0.15) is 0 Å². The van der Waals surface area contributed by atoms with Crippen LogP contribution in [0.25, 0.3) is 0 Å². The van der Waals surface area contributed by atoms with E-state index < -0.39 is 8.07 Å². The fourth-order valence-corrected chi connectivity index (χ4v) is 5.36. The second-order valence-electron chi connectivity index (χ2n) is 4.95. The van der Waals surface area contributed by atoms with Gasteiger partial charge in [0.2, 0.25) is 0 Å². The van der Waals surface area contributed by atoms with Crippen molar-refractivity contribution in [3.8, 4) is 0 Å². The van der Waals surface area contributed by atoms with Crippen molar-refractivity contribution >= 4 is 28.7 Å². The Labute approximate surface area is 85.8 Å². The van der Waals surface area contributed by atoms with Crippen LogP contribution in [0, 0.1) is 13.8 Å². The minimum absolute atomic E-state index is 1.13. The van der Waals surface area contributed by atoms with Crippen molar-refractivity contribution in [1.29, 1.82) is 0 Å². The molecular weight excluding hydrogens is 188 g/mol. The topological polar surface area (TPSA) is 0 Å². The Kier molecular flexibility index (Phi) is 2.83. The van der Waals surface area contributed by atoms with Crippen LogP contribution in [0.1, 0.15) is 11.1 Å². The summed E-state index contributed by atoms with van der Waals surface area (Å²) >= 11 is 0. The van der Waals surface area contributed by atoms with Gasteiger partial charge in [-0.05, 0) is 13.8 Å². The quantitative estimate of drug-likeness (QED) is 0.600. The van der Waals surface area contributed by atoms with Gasteiger partial charge in [0.15, 0.2) is 0 Å².